The first kappa shape index (κ1) is 5.70. The zero-order valence-electron chi connectivity index (χ0n) is 5.20. The number of nitrogens with zero attached hydrogens (tertiary/aromatic N) is 2. The number of hydrogen-bond donors (Lipinski definition) is 1. The van der Waals surface area contributed by atoms with Gasteiger partial charge in [-0.05, 0) is 0 Å². The Bertz CT molecular complexity index is 193. The molecular formula is C5H6N3O2. The molecule has 0 spiro atoms. The highest BCUT2D eigenvalue weighted by atomic mass is 16.7. The van der Waals surface area contributed by atoms with Gasteiger partial charge in [-0.3, -0.25) is 4.84 Å². The third-order valence-electron chi connectivity index (χ3n) is 1.16. The first-order chi connectivity index (χ1) is 4.97. The van der Waals surface area contributed by atoms with Crippen LogP contribution >= 0.6 is 0 Å². The molecule has 53 valence electrons. The van der Waals surface area contributed by atoms with E-state index in [1.807, 2.05) is 0 Å². The summed E-state index contributed by atoms with van der Waals surface area (Å²) in [7, 11) is 0. The minimum Gasteiger partial charge on any atom is -0.439 e. The van der Waals surface area contributed by atoms with Crippen LogP contribution in [0.4, 0.5) is 5.82 Å². The molecule has 0 bridgehead atoms. The maximum atomic E-state index is 5.08. The molecule has 1 N–H and O–H groups in total. The largest absolute Gasteiger partial charge is 0.439 e. The average molecular weight is 140 g/mol. The van der Waals surface area contributed by atoms with Gasteiger partial charge in [-0.25, -0.2) is 5.43 Å². The SMILES string of the molecule is [c]1nc(N2NCCO2)co1. The van der Waals surface area contributed by atoms with Crippen LogP contribution in [0.25, 0.3) is 0 Å². The van der Waals surface area contributed by atoms with E-state index in [2.05, 4.69) is 21.2 Å². The molecule has 0 saturated carbocycles. The van der Waals surface area contributed by atoms with E-state index in [9.17, 15) is 0 Å². The molecule has 1 saturated heterocycles. The summed E-state index contributed by atoms with van der Waals surface area (Å²) in [5.41, 5.74) is 2.93. The lowest BCUT2D eigenvalue weighted by atomic mass is 10.7. The molecule has 1 aromatic heterocycles. The molecule has 5 heteroatoms. The van der Waals surface area contributed by atoms with Crippen molar-refractivity contribution >= 4 is 5.82 Å². The molecule has 0 aromatic carbocycles. The lowest BCUT2D eigenvalue weighted by molar-refractivity contribution is 0.156. The maximum absolute atomic E-state index is 5.08. The van der Waals surface area contributed by atoms with Crippen molar-refractivity contribution in [3.8, 4) is 0 Å². The standard InChI is InChI=1S/C5H6N3O2/c1-2-10-8(7-1)5-3-9-4-6-5/h3,7H,1-2H2. The second-order valence-corrected chi connectivity index (χ2v) is 1.83. The van der Waals surface area contributed by atoms with Crippen LogP contribution in [0, 0.1) is 6.39 Å². The van der Waals surface area contributed by atoms with Gasteiger partial charge in [0.2, 0.25) is 5.82 Å². The zero-order chi connectivity index (χ0) is 6.81. The van der Waals surface area contributed by atoms with E-state index in [4.69, 9.17) is 4.84 Å². The number of oxazole rings is 1. The second-order valence-electron chi connectivity index (χ2n) is 1.83. The van der Waals surface area contributed by atoms with Gasteiger partial charge in [0.25, 0.3) is 6.39 Å². The first-order valence-corrected chi connectivity index (χ1v) is 2.95. The van der Waals surface area contributed by atoms with E-state index in [1.54, 1.807) is 0 Å². The van der Waals surface area contributed by atoms with Crippen molar-refractivity contribution in [3.63, 3.8) is 0 Å². The van der Waals surface area contributed by atoms with Crippen LogP contribution in [0.1, 0.15) is 0 Å². The molecule has 0 unspecified atom stereocenters. The van der Waals surface area contributed by atoms with Crippen LogP contribution < -0.4 is 10.6 Å². The molecule has 1 aliphatic heterocycles. The Hall–Kier alpha value is -1.07. The number of hydrogen-bond acceptors (Lipinski definition) is 5. The van der Waals surface area contributed by atoms with Crippen molar-refractivity contribution in [1.82, 2.24) is 10.4 Å². The van der Waals surface area contributed by atoms with Crippen LogP contribution in [0.5, 0.6) is 0 Å². The van der Waals surface area contributed by atoms with Gasteiger partial charge in [-0.15, -0.1) is 0 Å². The van der Waals surface area contributed by atoms with Gasteiger partial charge >= 0.3 is 0 Å². The van der Waals surface area contributed by atoms with Crippen molar-refractivity contribution < 1.29 is 9.25 Å². The summed E-state index contributed by atoms with van der Waals surface area (Å²) in [6.07, 6.45) is 3.78. The maximum Gasteiger partial charge on any atom is 0.285 e. The van der Waals surface area contributed by atoms with Gasteiger partial charge < -0.3 is 4.42 Å². The minimum absolute atomic E-state index is 0.595. The molecule has 1 aromatic rings. The molecule has 1 radical (unpaired) electrons. The van der Waals surface area contributed by atoms with Crippen LogP contribution in [0.15, 0.2) is 10.7 Å². The smallest absolute Gasteiger partial charge is 0.285 e. The van der Waals surface area contributed by atoms with Gasteiger partial charge in [-0.2, -0.15) is 10.2 Å². The highest BCUT2D eigenvalue weighted by Gasteiger charge is 2.14. The van der Waals surface area contributed by atoms with Gasteiger partial charge in [0.15, 0.2) is 0 Å². The molecule has 0 atom stereocenters. The predicted octanol–water partition coefficient (Wildman–Crippen LogP) is -0.269. The lowest BCUT2D eigenvalue weighted by Crippen LogP contribution is -2.29. The molecule has 2 rings (SSSR count). The van der Waals surface area contributed by atoms with Gasteiger partial charge in [0, 0.05) is 6.54 Å². The van der Waals surface area contributed by atoms with E-state index in [0.29, 0.717) is 12.4 Å². The molecule has 10 heavy (non-hydrogen) atoms. The summed E-state index contributed by atoms with van der Waals surface area (Å²) in [5.74, 6) is 0.595. The Balaban J connectivity index is 2.12. The van der Waals surface area contributed by atoms with Gasteiger partial charge in [0.1, 0.15) is 6.26 Å². The number of nitrogens with one attached hydrogen (secondary N) is 1. The summed E-state index contributed by atoms with van der Waals surface area (Å²) in [5, 5.41) is 1.46. The van der Waals surface area contributed by atoms with E-state index < -0.39 is 0 Å². The van der Waals surface area contributed by atoms with Crippen LogP contribution in [-0.4, -0.2) is 18.1 Å². The van der Waals surface area contributed by atoms with E-state index in [-0.39, 0.29) is 0 Å². The average Bonchev–Trinajstić information content (AvgIpc) is 2.59. The highest BCUT2D eigenvalue weighted by Crippen LogP contribution is 2.09. The van der Waals surface area contributed by atoms with Crippen molar-refractivity contribution in [2.75, 3.05) is 18.3 Å². The van der Waals surface area contributed by atoms with Crippen LogP contribution in [0.2, 0.25) is 0 Å². The number of aromatic nitrogens is 1. The summed E-state index contributed by atoms with van der Waals surface area (Å²) >= 11 is 0. The lowest BCUT2D eigenvalue weighted by Gasteiger charge is -2.09. The van der Waals surface area contributed by atoms with Crippen molar-refractivity contribution in [2.24, 2.45) is 0 Å². The molecule has 2 heterocycles. The number of hydrazine groups is 1. The molecule has 1 aliphatic rings. The molecule has 1 fully saturated rings. The minimum atomic E-state index is 0.595. The van der Waals surface area contributed by atoms with Crippen LogP contribution in [-0.2, 0) is 4.84 Å². The molecule has 5 nitrogen and oxygen atoms in total. The van der Waals surface area contributed by atoms with Crippen LogP contribution in [0.3, 0.4) is 0 Å². The topological polar surface area (TPSA) is 50.5 Å². The molecule has 0 aliphatic carbocycles. The van der Waals surface area contributed by atoms with Crippen molar-refractivity contribution in [3.05, 3.63) is 12.7 Å². The van der Waals surface area contributed by atoms with E-state index >= 15 is 0 Å². The summed E-state index contributed by atoms with van der Waals surface area (Å²) < 4.78 is 4.63. The third kappa shape index (κ3) is 0.850. The van der Waals surface area contributed by atoms with Crippen molar-refractivity contribution in [2.45, 2.75) is 0 Å². The normalized spacial score (nSPS) is 18.2. The predicted molar refractivity (Wildman–Crippen MR) is 31.8 cm³/mol. The number of anilines is 1. The Morgan fingerprint density at radius 2 is 2.80 bits per heavy atom. The fourth-order valence-electron chi connectivity index (χ4n) is 0.749. The quantitative estimate of drug-likeness (QED) is 0.582. The van der Waals surface area contributed by atoms with Gasteiger partial charge in [-0.1, -0.05) is 0 Å². The summed E-state index contributed by atoms with van der Waals surface area (Å²) in [6.45, 7) is 1.46. The highest BCUT2D eigenvalue weighted by molar-refractivity contribution is 5.28. The van der Waals surface area contributed by atoms with E-state index in [0.717, 1.165) is 6.54 Å². The Labute approximate surface area is 57.5 Å². The third-order valence-corrected chi connectivity index (χ3v) is 1.16. The summed E-state index contributed by atoms with van der Waals surface area (Å²) in [6, 6.07) is 0. The number of rotatable bonds is 1. The fourth-order valence-corrected chi connectivity index (χ4v) is 0.749. The first-order valence-electron chi connectivity index (χ1n) is 2.95. The Kier molecular flexibility index (Phi) is 1.30. The van der Waals surface area contributed by atoms with Gasteiger partial charge in [0.05, 0.1) is 6.61 Å². The molecular weight excluding hydrogens is 134 g/mol. The fraction of sp³-hybridized carbons (Fsp3) is 0.400. The molecule has 0 amide bonds. The Morgan fingerprint density at radius 1 is 1.80 bits per heavy atom. The van der Waals surface area contributed by atoms with E-state index in [1.165, 1.54) is 11.4 Å². The monoisotopic (exact) mass is 140 g/mol. The summed E-state index contributed by atoms with van der Waals surface area (Å²) in [4.78, 5) is 8.82. The van der Waals surface area contributed by atoms with Crippen molar-refractivity contribution in [1.29, 1.82) is 0 Å². The Morgan fingerprint density at radius 3 is 3.40 bits per heavy atom. The zero-order valence-corrected chi connectivity index (χ0v) is 5.20. The second kappa shape index (κ2) is 2.28.